The van der Waals surface area contributed by atoms with Gasteiger partial charge >= 0.3 is 6.18 Å². The van der Waals surface area contributed by atoms with Crippen LogP contribution in [-0.4, -0.2) is 38.8 Å². The summed E-state index contributed by atoms with van der Waals surface area (Å²) < 4.78 is 52.2. The van der Waals surface area contributed by atoms with Gasteiger partial charge in [-0.05, 0) is 38.1 Å². The first kappa shape index (κ1) is 22.2. The van der Waals surface area contributed by atoms with E-state index < -0.39 is 11.9 Å². The summed E-state index contributed by atoms with van der Waals surface area (Å²) in [7, 11) is 0. The van der Waals surface area contributed by atoms with E-state index in [1.807, 2.05) is 42.7 Å². The van der Waals surface area contributed by atoms with E-state index in [0.29, 0.717) is 30.2 Å². The van der Waals surface area contributed by atoms with E-state index >= 15 is 0 Å². The minimum atomic E-state index is -4.56. The van der Waals surface area contributed by atoms with Crippen LogP contribution in [0, 0.1) is 13.8 Å². The normalized spacial score (nSPS) is 15.6. The maximum Gasteiger partial charge on any atom is 0.433 e. The lowest BCUT2D eigenvalue weighted by atomic mass is 10.2. The van der Waals surface area contributed by atoms with Crippen LogP contribution in [0.25, 0.3) is 0 Å². The molecule has 0 saturated heterocycles. The van der Waals surface area contributed by atoms with E-state index in [-0.39, 0.29) is 22.8 Å². The summed E-state index contributed by atoms with van der Waals surface area (Å²) in [5.41, 5.74) is 1.13. The summed E-state index contributed by atoms with van der Waals surface area (Å²) in [5.74, 6) is 1.11. The molecule has 1 atom stereocenters. The molecule has 0 aliphatic carbocycles. The summed E-state index contributed by atoms with van der Waals surface area (Å²) >= 11 is 0.880. The number of aryl methyl sites for hydroxylation is 1. The van der Waals surface area contributed by atoms with Gasteiger partial charge in [0.15, 0.2) is 28.5 Å². The topological polar surface area (TPSA) is 66.2 Å². The van der Waals surface area contributed by atoms with Gasteiger partial charge in [-0.15, -0.1) is 0 Å². The minimum Gasteiger partial charge on any atom is -0.486 e. The first-order chi connectivity index (χ1) is 15.2. The molecule has 0 saturated carbocycles. The van der Waals surface area contributed by atoms with Gasteiger partial charge in [-0.2, -0.15) is 13.2 Å². The maximum absolute atomic E-state index is 12.8. The van der Waals surface area contributed by atoms with Gasteiger partial charge in [-0.25, -0.2) is 9.97 Å². The van der Waals surface area contributed by atoms with Crippen molar-refractivity contribution in [2.24, 2.45) is 0 Å². The predicted molar refractivity (Wildman–Crippen MR) is 112 cm³/mol. The second-order valence-electron chi connectivity index (χ2n) is 7.33. The van der Waals surface area contributed by atoms with Gasteiger partial charge in [0.05, 0.1) is 12.3 Å². The van der Waals surface area contributed by atoms with Crippen molar-refractivity contribution in [3.63, 3.8) is 0 Å². The Labute approximate surface area is 186 Å². The highest BCUT2D eigenvalue weighted by Gasteiger charge is 2.33. The van der Waals surface area contributed by atoms with E-state index in [1.165, 1.54) is 0 Å². The maximum atomic E-state index is 12.8. The molecule has 0 bridgehead atoms. The minimum absolute atomic E-state index is 0.0674. The molecule has 0 fully saturated rings. The SMILES string of the molecule is Cc1cc(C(=O)CSc2nccc(C(F)(F)F)n2)c(C)n1CC1COc2ccccc2O1. The lowest BCUT2D eigenvalue weighted by Gasteiger charge is -2.27. The highest BCUT2D eigenvalue weighted by Crippen LogP contribution is 2.32. The number of ether oxygens (including phenoxy) is 2. The number of carbonyl (C=O) groups is 1. The van der Waals surface area contributed by atoms with Crippen LogP contribution in [0.3, 0.4) is 0 Å². The molecule has 1 unspecified atom stereocenters. The monoisotopic (exact) mass is 463 g/mol. The number of rotatable bonds is 6. The zero-order valence-corrected chi connectivity index (χ0v) is 18.2. The van der Waals surface area contributed by atoms with Crippen LogP contribution < -0.4 is 9.47 Å². The summed E-state index contributed by atoms with van der Waals surface area (Å²) in [4.78, 5) is 20.1. The third-order valence-electron chi connectivity index (χ3n) is 5.08. The number of hydrogen-bond donors (Lipinski definition) is 0. The van der Waals surface area contributed by atoms with Gasteiger partial charge in [-0.3, -0.25) is 4.79 Å². The standard InChI is InChI=1S/C22H20F3N3O3S/c1-13-9-16(17(29)12-32-21-26-8-7-20(27-21)22(23,24)25)14(2)28(13)10-15-11-30-18-5-3-4-6-19(18)31-15/h3-9,15H,10-12H2,1-2H3. The van der Waals surface area contributed by atoms with E-state index in [2.05, 4.69) is 9.97 Å². The van der Waals surface area contributed by atoms with Crippen molar-refractivity contribution >= 4 is 17.5 Å². The zero-order valence-electron chi connectivity index (χ0n) is 17.3. The molecular formula is C22H20F3N3O3S. The fourth-order valence-corrected chi connectivity index (χ4v) is 4.21. The average molecular weight is 463 g/mol. The van der Waals surface area contributed by atoms with Crippen molar-refractivity contribution in [3.05, 3.63) is 65.2 Å². The number of ketones is 1. The molecular weight excluding hydrogens is 443 g/mol. The number of fused-ring (bicyclic) bond motifs is 1. The number of hydrogen-bond acceptors (Lipinski definition) is 6. The molecule has 10 heteroatoms. The van der Waals surface area contributed by atoms with Crippen LogP contribution in [0.2, 0.25) is 0 Å². The Morgan fingerprint density at radius 1 is 1.22 bits per heavy atom. The molecule has 0 radical (unpaired) electrons. The Balaban J connectivity index is 1.43. The van der Waals surface area contributed by atoms with Crippen molar-refractivity contribution < 1.29 is 27.4 Å². The molecule has 2 aromatic heterocycles. The number of thioether (sulfide) groups is 1. The molecule has 32 heavy (non-hydrogen) atoms. The molecule has 1 aliphatic rings. The molecule has 1 aromatic carbocycles. The number of aromatic nitrogens is 3. The quantitative estimate of drug-likeness (QED) is 0.299. The van der Waals surface area contributed by atoms with Gasteiger partial charge in [0, 0.05) is 23.1 Å². The van der Waals surface area contributed by atoms with Crippen molar-refractivity contribution in [2.45, 2.75) is 37.8 Å². The molecule has 3 aromatic rings. The van der Waals surface area contributed by atoms with Crippen LogP contribution in [-0.2, 0) is 12.7 Å². The summed E-state index contributed by atoms with van der Waals surface area (Å²) in [5, 5.41) is -0.0894. The highest BCUT2D eigenvalue weighted by molar-refractivity contribution is 7.99. The fourth-order valence-electron chi connectivity index (χ4n) is 3.50. The summed E-state index contributed by atoms with van der Waals surface area (Å²) in [6, 6.07) is 10.0. The first-order valence-electron chi connectivity index (χ1n) is 9.84. The number of Topliss-reactive ketones (excluding diaryl/α,β-unsaturated/α-hetero) is 1. The summed E-state index contributed by atoms with van der Waals surface area (Å²) in [6.07, 6.45) is -3.73. The van der Waals surface area contributed by atoms with Gasteiger partial charge < -0.3 is 14.0 Å². The van der Waals surface area contributed by atoms with Gasteiger partial charge in [0.25, 0.3) is 0 Å². The molecule has 1 aliphatic heterocycles. The number of para-hydroxylation sites is 2. The van der Waals surface area contributed by atoms with Gasteiger partial charge in [-0.1, -0.05) is 23.9 Å². The van der Waals surface area contributed by atoms with Gasteiger partial charge in [0.2, 0.25) is 0 Å². The summed E-state index contributed by atoms with van der Waals surface area (Å²) in [6.45, 7) is 4.62. The second-order valence-corrected chi connectivity index (χ2v) is 8.27. The van der Waals surface area contributed by atoms with Crippen molar-refractivity contribution in [3.8, 4) is 11.5 Å². The van der Waals surface area contributed by atoms with Crippen LogP contribution in [0.5, 0.6) is 11.5 Å². The number of halogens is 3. The third-order valence-corrected chi connectivity index (χ3v) is 5.95. The van der Waals surface area contributed by atoms with E-state index in [9.17, 15) is 18.0 Å². The largest absolute Gasteiger partial charge is 0.486 e. The Morgan fingerprint density at radius 2 is 1.97 bits per heavy atom. The number of nitrogens with zero attached hydrogens (tertiary/aromatic N) is 3. The number of benzene rings is 1. The third kappa shape index (κ3) is 4.74. The molecule has 0 spiro atoms. The predicted octanol–water partition coefficient (Wildman–Crippen LogP) is 4.73. The highest BCUT2D eigenvalue weighted by atomic mass is 32.2. The van der Waals surface area contributed by atoms with Crippen molar-refractivity contribution in [1.82, 2.24) is 14.5 Å². The Bertz CT molecular complexity index is 1150. The van der Waals surface area contributed by atoms with Crippen LogP contribution in [0.1, 0.15) is 27.4 Å². The second kappa shape index (κ2) is 8.85. The van der Waals surface area contributed by atoms with E-state index in [0.717, 1.165) is 35.4 Å². The zero-order chi connectivity index (χ0) is 22.9. The molecule has 0 amide bonds. The Hall–Kier alpha value is -3.01. The first-order valence-corrected chi connectivity index (χ1v) is 10.8. The molecule has 3 heterocycles. The smallest absolute Gasteiger partial charge is 0.433 e. The molecule has 168 valence electrons. The van der Waals surface area contributed by atoms with Crippen LogP contribution in [0.15, 0.2) is 47.8 Å². The van der Waals surface area contributed by atoms with E-state index in [1.54, 1.807) is 6.07 Å². The van der Waals surface area contributed by atoms with Crippen LogP contribution >= 0.6 is 11.8 Å². The lowest BCUT2D eigenvalue weighted by Crippen LogP contribution is -2.33. The van der Waals surface area contributed by atoms with Gasteiger partial charge in [0.1, 0.15) is 12.3 Å². The van der Waals surface area contributed by atoms with Crippen molar-refractivity contribution in [1.29, 1.82) is 0 Å². The fraction of sp³-hybridized carbons (Fsp3) is 0.318. The lowest BCUT2D eigenvalue weighted by molar-refractivity contribution is -0.141. The number of carbonyl (C=O) groups excluding carboxylic acids is 1. The average Bonchev–Trinajstić information content (AvgIpc) is 3.05. The molecule has 6 nitrogen and oxygen atoms in total. The molecule has 4 rings (SSSR count). The Kier molecular flexibility index (Phi) is 6.14. The Morgan fingerprint density at radius 3 is 2.72 bits per heavy atom. The molecule has 0 N–H and O–H groups in total. The van der Waals surface area contributed by atoms with E-state index in [4.69, 9.17) is 9.47 Å². The van der Waals surface area contributed by atoms with Crippen molar-refractivity contribution in [2.75, 3.05) is 12.4 Å². The van der Waals surface area contributed by atoms with Crippen LogP contribution in [0.4, 0.5) is 13.2 Å². The number of alkyl halides is 3.